The van der Waals surface area contributed by atoms with Crippen molar-refractivity contribution in [1.29, 1.82) is 0 Å². The molecule has 2 nitrogen and oxygen atoms in total. The van der Waals surface area contributed by atoms with Crippen LogP contribution in [0.4, 0.5) is 11.4 Å². The molecule has 5 heteroatoms. The van der Waals surface area contributed by atoms with Crippen LogP contribution in [0.1, 0.15) is 104 Å². The molecule has 11 aromatic rings. The molecule has 0 fully saturated rings. The highest BCUT2D eigenvalue weighted by Gasteiger charge is 2.47. The standard InChI is InChI=1S/C66H59BN2S2/c1-63(2,3)40-25-28-42(29-26-40)69-50-30-27-41(64(4,5)6)33-44(50)58-59-60-56(57-43-23-17-18-24-53(43)70-62(57)58)45-34-47-48(66(9,10)32-31-65(47,7)8)36-51(45)68(60)52-35-46-54(37-49(52)67(59)69)71-61(39-21-15-12-16-22-39)55(46)38-19-13-11-14-20-38/h11-30,33-37H,31-32H2,1-10H3. The summed E-state index contributed by atoms with van der Waals surface area (Å²) < 4.78 is 6.84. The summed E-state index contributed by atoms with van der Waals surface area (Å²) in [5.74, 6) is 0. The van der Waals surface area contributed by atoms with E-state index in [1.807, 2.05) is 22.7 Å². The van der Waals surface area contributed by atoms with Crippen molar-refractivity contribution in [3.63, 3.8) is 0 Å². The molecular formula is C66H59BN2S2. The molecule has 0 radical (unpaired) electrons. The summed E-state index contributed by atoms with van der Waals surface area (Å²) in [5.41, 5.74) is 21.6. The second-order valence-corrected chi connectivity index (χ2v) is 26.4. The molecule has 0 saturated heterocycles. The predicted octanol–water partition coefficient (Wildman–Crippen LogP) is 17.9. The average Bonchev–Trinajstić information content (AvgIpc) is 4.05. The van der Waals surface area contributed by atoms with E-state index in [-0.39, 0.29) is 28.5 Å². The topological polar surface area (TPSA) is 8.17 Å². The summed E-state index contributed by atoms with van der Waals surface area (Å²) in [4.78, 5) is 4.06. The first kappa shape index (κ1) is 43.4. The molecule has 3 aliphatic rings. The number of anilines is 2. The molecule has 14 rings (SSSR count). The highest BCUT2D eigenvalue weighted by atomic mass is 32.1. The summed E-state index contributed by atoms with van der Waals surface area (Å²) in [6, 6.07) is 59.1. The largest absolute Gasteiger partial charge is 0.376 e. The summed E-state index contributed by atoms with van der Waals surface area (Å²) in [5, 5.41) is 6.85. The third kappa shape index (κ3) is 6.12. The van der Waals surface area contributed by atoms with E-state index in [0.29, 0.717) is 0 Å². The van der Waals surface area contributed by atoms with Crippen LogP contribution in [0.2, 0.25) is 0 Å². The van der Waals surface area contributed by atoms with Crippen molar-refractivity contribution in [2.75, 3.05) is 4.81 Å². The van der Waals surface area contributed by atoms with Crippen LogP contribution < -0.4 is 15.7 Å². The van der Waals surface area contributed by atoms with Gasteiger partial charge in [0.25, 0.3) is 0 Å². The Bertz CT molecular complexity index is 4060. The van der Waals surface area contributed by atoms with Gasteiger partial charge in [0.05, 0.1) is 11.0 Å². The van der Waals surface area contributed by atoms with Gasteiger partial charge in [-0.3, -0.25) is 0 Å². The van der Waals surface area contributed by atoms with Crippen molar-refractivity contribution in [2.45, 2.75) is 104 Å². The van der Waals surface area contributed by atoms with Crippen molar-refractivity contribution < 1.29 is 0 Å². The highest BCUT2D eigenvalue weighted by Crippen LogP contribution is 2.56. The maximum atomic E-state index is 2.77. The number of thiophene rings is 2. The van der Waals surface area contributed by atoms with Crippen LogP contribution in [0, 0.1) is 0 Å². The number of hydrogen-bond acceptors (Lipinski definition) is 3. The van der Waals surface area contributed by atoms with Gasteiger partial charge in [-0.2, -0.15) is 0 Å². The number of rotatable bonds is 3. The molecule has 0 saturated carbocycles. The zero-order valence-corrected chi connectivity index (χ0v) is 44.3. The quantitative estimate of drug-likeness (QED) is 0.160. The first-order valence-corrected chi connectivity index (χ1v) is 27.4. The number of hydrogen-bond donors (Lipinski definition) is 0. The molecule has 0 bridgehead atoms. The van der Waals surface area contributed by atoms with Crippen molar-refractivity contribution >= 4 is 104 Å². The van der Waals surface area contributed by atoms with Crippen molar-refractivity contribution in [2.24, 2.45) is 0 Å². The van der Waals surface area contributed by atoms with Gasteiger partial charge < -0.3 is 9.38 Å². The van der Waals surface area contributed by atoms with Gasteiger partial charge in [-0.1, -0.05) is 166 Å². The van der Waals surface area contributed by atoms with Gasteiger partial charge in [-0.05, 0) is 133 Å². The SMILES string of the molecule is CC(C)(C)c1ccc(N2B3c4cc5sc(-c6ccccc6)c(-c6ccccc6)c5cc4-n4c5cc6c(cc5c5c7c(sc8ccccc87)c(c3c54)-c3cc(C(C)(C)C)ccc32)C(C)(C)CCC6(C)C)cc1. The van der Waals surface area contributed by atoms with Gasteiger partial charge in [0.1, 0.15) is 0 Å². The maximum absolute atomic E-state index is 2.77. The number of nitrogens with zero attached hydrogens (tertiary/aromatic N) is 2. The molecule has 348 valence electrons. The Morgan fingerprint density at radius 1 is 0.521 bits per heavy atom. The van der Waals surface area contributed by atoms with E-state index in [1.165, 1.54) is 148 Å². The molecule has 8 aromatic carbocycles. The molecule has 5 heterocycles. The van der Waals surface area contributed by atoms with Crippen LogP contribution in [0.25, 0.3) is 90.4 Å². The normalized spacial score (nSPS) is 15.8. The lowest BCUT2D eigenvalue weighted by Gasteiger charge is -2.43. The van der Waals surface area contributed by atoms with Gasteiger partial charge in [-0.25, -0.2) is 0 Å². The molecule has 0 spiro atoms. The molecule has 2 aliphatic heterocycles. The minimum absolute atomic E-state index is 0.0316. The first-order chi connectivity index (χ1) is 34.0. The van der Waals surface area contributed by atoms with Gasteiger partial charge in [0, 0.05) is 79.7 Å². The summed E-state index contributed by atoms with van der Waals surface area (Å²) in [7, 11) is 0. The lowest BCUT2D eigenvalue weighted by atomic mass is 9.43. The molecular weight excluding hydrogens is 896 g/mol. The molecule has 0 amide bonds. The second kappa shape index (κ2) is 14.6. The van der Waals surface area contributed by atoms with E-state index in [2.05, 4.69) is 230 Å². The fraction of sp³-hybridized carbons (Fsp3) is 0.242. The molecule has 0 unspecified atom stereocenters. The van der Waals surface area contributed by atoms with Crippen LogP contribution in [0.5, 0.6) is 0 Å². The van der Waals surface area contributed by atoms with Crippen LogP contribution in [0.3, 0.4) is 0 Å². The van der Waals surface area contributed by atoms with E-state index in [9.17, 15) is 0 Å². The summed E-state index contributed by atoms with van der Waals surface area (Å²) in [6.45, 7) is 23.9. The Kier molecular flexibility index (Phi) is 8.93. The first-order valence-electron chi connectivity index (χ1n) is 25.7. The van der Waals surface area contributed by atoms with Crippen LogP contribution >= 0.6 is 22.7 Å². The van der Waals surface area contributed by atoms with Crippen LogP contribution in [-0.2, 0) is 21.7 Å². The zero-order chi connectivity index (χ0) is 48.7. The molecule has 0 N–H and O–H groups in total. The Morgan fingerprint density at radius 3 is 1.85 bits per heavy atom. The van der Waals surface area contributed by atoms with Gasteiger partial charge >= 0.3 is 6.85 Å². The van der Waals surface area contributed by atoms with E-state index in [0.717, 1.165) is 0 Å². The Labute approximate surface area is 426 Å². The Hall–Kier alpha value is -6.40. The molecule has 71 heavy (non-hydrogen) atoms. The molecule has 0 atom stereocenters. The number of aromatic nitrogens is 1. The van der Waals surface area contributed by atoms with Crippen molar-refractivity contribution in [1.82, 2.24) is 4.57 Å². The highest BCUT2D eigenvalue weighted by molar-refractivity contribution is 7.27. The van der Waals surface area contributed by atoms with Crippen molar-refractivity contribution in [3.05, 3.63) is 174 Å². The molecule has 3 aromatic heterocycles. The third-order valence-corrected chi connectivity index (χ3v) is 19.3. The van der Waals surface area contributed by atoms with E-state index >= 15 is 0 Å². The second-order valence-electron chi connectivity index (χ2n) is 24.3. The lowest BCUT2D eigenvalue weighted by Crippen LogP contribution is -2.60. The monoisotopic (exact) mass is 954 g/mol. The summed E-state index contributed by atoms with van der Waals surface area (Å²) >= 11 is 3.95. The van der Waals surface area contributed by atoms with E-state index in [1.54, 1.807) is 0 Å². The summed E-state index contributed by atoms with van der Waals surface area (Å²) in [6.07, 6.45) is 2.34. The fourth-order valence-corrected chi connectivity index (χ4v) is 15.5. The Balaban J connectivity index is 1.23. The Morgan fingerprint density at radius 2 is 1.15 bits per heavy atom. The van der Waals surface area contributed by atoms with Crippen molar-refractivity contribution in [3.8, 4) is 38.4 Å². The predicted molar refractivity (Wildman–Crippen MR) is 312 cm³/mol. The van der Waals surface area contributed by atoms with Crippen LogP contribution in [0.15, 0.2) is 152 Å². The fourth-order valence-electron chi connectivity index (χ4n) is 13.0. The number of fused-ring (bicyclic) bond motifs is 15. The van der Waals surface area contributed by atoms with E-state index < -0.39 is 0 Å². The maximum Gasteiger partial charge on any atom is 0.333 e. The van der Waals surface area contributed by atoms with Gasteiger partial charge in [-0.15, -0.1) is 22.7 Å². The minimum Gasteiger partial charge on any atom is -0.376 e. The third-order valence-electron chi connectivity index (χ3n) is 16.9. The van der Waals surface area contributed by atoms with Crippen LogP contribution in [-0.4, -0.2) is 11.4 Å². The zero-order valence-electron chi connectivity index (χ0n) is 42.6. The van der Waals surface area contributed by atoms with E-state index in [4.69, 9.17) is 0 Å². The van der Waals surface area contributed by atoms with Gasteiger partial charge in [0.2, 0.25) is 0 Å². The lowest BCUT2D eigenvalue weighted by molar-refractivity contribution is 0.332. The average molecular weight is 955 g/mol. The minimum atomic E-state index is -0.100. The number of benzene rings is 8. The smallest absolute Gasteiger partial charge is 0.333 e. The molecule has 1 aliphatic carbocycles. The van der Waals surface area contributed by atoms with Gasteiger partial charge in [0.15, 0.2) is 0 Å².